The van der Waals surface area contributed by atoms with E-state index >= 15 is 0 Å². The van der Waals surface area contributed by atoms with E-state index in [0.717, 1.165) is 16.7 Å². The second-order valence-corrected chi connectivity index (χ2v) is 6.66. The highest BCUT2D eigenvalue weighted by atomic mass is 32.2. The van der Waals surface area contributed by atoms with Gasteiger partial charge in [0.05, 0.1) is 31.2 Å². The fourth-order valence-corrected chi connectivity index (χ4v) is 3.67. The van der Waals surface area contributed by atoms with Crippen LogP contribution in [0, 0.1) is 0 Å². The second kappa shape index (κ2) is 8.95. The molecule has 0 aliphatic carbocycles. The van der Waals surface area contributed by atoms with Crippen LogP contribution in [0.25, 0.3) is 0 Å². The zero-order valence-corrected chi connectivity index (χ0v) is 14.4. The molecule has 1 aliphatic heterocycles. The first-order chi connectivity index (χ1) is 10.7. The molecule has 0 atom stereocenters. The number of aliphatic imine (C=N–C) groups is 1. The van der Waals surface area contributed by atoms with E-state index in [-0.39, 0.29) is 5.91 Å². The van der Waals surface area contributed by atoms with Crippen molar-refractivity contribution in [3.63, 3.8) is 0 Å². The monoisotopic (exact) mass is 340 g/mol. The molecule has 1 heterocycles. The third kappa shape index (κ3) is 5.14. The van der Waals surface area contributed by atoms with E-state index in [9.17, 15) is 4.79 Å². The van der Waals surface area contributed by atoms with Gasteiger partial charge in [0.1, 0.15) is 15.9 Å². The Hall–Kier alpha value is -1.34. The van der Waals surface area contributed by atoms with Crippen LogP contribution in [-0.2, 0) is 4.79 Å². The first-order valence-electron chi connectivity index (χ1n) is 7.22. The van der Waals surface area contributed by atoms with Crippen LogP contribution in [0.15, 0.2) is 23.2 Å². The Labute approximate surface area is 139 Å². The molecule has 1 aromatic rings. The molecule has 1 aromatic carbocycles. The highest BCUT2D eigenvalue weighted by molar-refractivity contribution is 8.39. The summed E-state index contributed by atoms with van der Waals surface area (Å²) in [6, 6.07) is 5.44. The van der Waals surface area contributed by atoms with Gasteiger partial charge in [-0.3, -0.25) is 9.79 Å². The van der Waals surface area contributed by atoms with Crippen LogP contribution < -0.4 is 14.8 Å². The van der Waals surface area contributed by atoms with Gasteiger partial charge in [0, 0.05) is 11.8 Å². The zero-order chi connectivity index (χ0) is 15.8. The fraction of sp³-hybridized carbons (Fsp3) is 0.467. The van der Waals surface area contributed by atoms with E-state index in [0.29, 0.717) is 36.2 Å². The quantitative estimate of drug-likeness (QED) is 0.825. The number of ether oxygens (including phenoxy) is 2. The molecule has 7 heteroatoms. The number of nitrogens with one attached hydrogen (secondary N) is 1. The minimum Gasteiger partial charge on any atom is -0.494 e. The van der Waals surface area contributed by atoms with Gasteiger partial charge in [0.15, 0.2) is 0 Å². The van der Waals surface area contributed by atoms with Crippen molar-refractivity contribution in [1.82, 2.24) is 0 Å². The molecule has 5 nitrogen and oxygen atoms in total. The lowest BCUT2D eigenvalue weighted by Crippen LogP contribution is -2.15. The van der Waals surface area contributed by atoms with Crippen molar-refractivity contribution in [2.24, 2.45) is 4.99 Å². The molecule has 1 aliphatic rings. The van der Waals surface area contributed by atoms with Crippen molar-refractivity contribution in [1.29, 1.82) is 0 Å². The Morgan fingerprint density at radius 3 is 2.86 bits per heavy atom. The van der Waals surface area contributed by atoms with Crippen LogP contribution in [0.4, 0.5) is 5.69 Å². The van der Waals surface area contributed by atoms with Crippen molar-refractivity contribution in [2.45, 2.75) is 13.8 Å². The Kier molecular flexibility index (Phi) is 6.92. The Morgan fingerprint density at radius 2 is 2.18 bits per heavy atom. The van der Waals surface area contributed by atoms with Gasteiger partial charge in [-0.15, -0.1) is 0 Å². The molecule has 0 radical (unpaired) electrons. The topological polar surface area (TPSA) is 59.9 Å². The molecule has 0 saturated carbocycles. The SMILES string of the molecule is CCOc1ccc(OCC)c(NC(=O)CSC2=NCCS2)c1. The summed E-state index contributed by atoms with van der Waals surface area (Å²) in [7, 11) is 0. The molecular formula is C15H20N2O3S2. The van der Waals surface area contributed by atoms with Crippen LogP contribution in [0.5, 0.6) is 11.5 Å². The maximum Gasteiger partial charge on any atom is 0.234 e. The van der Waals surface area contributed by atoms with E-state index in [1.165, 1.54) is 11.8 Å². The number of hydrogen-bond donors (Lipinski definition) is 1. The van der Waals surface area contributed by atoms with Gasteiger partial charge in [-0.05, 0) is 26.0 Å². The zero-order valence-electron chi connectivity index (χ0n) is 12.8. The second-order valence-electron chi connectivity index (χ2n) is 4.36. The minimum absolute atomic E-state index is 0.0743. The molecule has 0 bridgehead atoms. The number of amides is 1. The normalized spacial score (nSPS) is 13.6. The van der Waals surface area contributed by atoms with E-state index in [1.807, 2.05) is 26.0 Å². The highest BCUT2D eigenvalue weighted by Crippen LogP contribution is 2.30. The number of nitrogens with zero attached hydrogens (tertiary/aromatic N) is 1. The van der Waals surface area contributed by atoms with Crippen molar-refractivity contribution >= 4 is 39.5 Å². The smallest absolute Gasteiger partial charge is 0.234 e. The lowest BCUT2D eigenvalue weighted by Gasteiger charge is -2.13. The minimum atomic E-state index is -0.0743. The summed E-state index contributed by atoms with van der Waals surface area (Å²) in [6.45, 7) is 5.80. The molecule has 0 saturated heterocycles. The lowest BCUT2D eigenvalue weighted by atomic mass is 10.2. The summed E-state index contributed by atoms with van der Waals surface area (Å²) in [5.74, 6) is 2.64. The number of rotatable bonds is 7. The van der Waals surface area contributed by atoms with Gasteiger partial charge in [0.25, 0.3) is 0 Å². The molecule has 120 valence electrons. The van der Waals surface area contributed by atoms with Gasteiger partial charge >= 0.3 is 0 Å². The number of carbonyl (C=O) groups excluding carboxylic acids is 1. The van der Waals surface area contributed by atoms with Crippen molar-refractivity contribution in [3.05, 3.63) is 18.2 Å². The van der Waals surface area contributed by atoms with Crippen LogP contribution in [-0.4, -0.2) is 41.5 Å². The number of anilines is 1. The Morgan fingerprint density at radius 1 is 1.36 bits per heavy atom. The number of thioether (sulfide) groups is 2. The van der Waals surface area contributed by atoms with Gasteiger partial charge in [-0.2, -0.15) is 0 Å². The third-order valence-electron chi connectivity index (χ3n) is 2.72. The van der Waals surface area contributed by atoms with Crippen molar-refractivity contribution < 1.29 is 14.3 Å². The molecular weight excluding hydrogens is 320 g/mol. The molecule has 1 N–H and O–H groups in total. The standard InChI is InChI=1S/C15H20N2O3S2/c1-3-19-11-5-6-13(20-4-2)12(9-11)17-14(18)10-22-15-16-7-8-21-15/h5-6,9H,3-4,7-8,10H2,1-2H3,(H,17,18). The predicted molar refractivity (Wildman–Crippen MR) is 94.6 cm³/mol. The molecule has 0 fully saturated rings. The van der Waals surface area contributed by atoms with Gasteiger partial charge in [0.2, 0.25) is 5.91 Å². The van der Waals surface area contributed by atoms with E-state index in [4.69, 9.17) is 9.47 Å². The van der Waals surface area contributed by atoms with E-state index in [2.05, 4.69) is 10.3 Å². The predicted octanol–water partition coefficient (Wildman–Crippen LogP) is 3.26. The summed E-state index contributed by atoms with van der Waals surface area (Å²) in [5, 5.41) is 2.89. The molecule has 2 rings (SSSR count). The van der Waals surface area contributed by atoms with Crippen molar-refractivity contribution in [2.75, 3.05) is 36.6 Å². The largest absolute Gasteiger partial charge is 0.494 e. The molecule has 0 aromatic heterocycles. The van der Waals surface area contributed by atoms with Gasteiger partial charge < -0.3 is 14.8 Å². The van der Waals surface area contributed by atoms with Crippen molar-refractivity contribution in [3.8, 4) is 11.5 Å². The highest BCUT2D eigenvalue weighted by Gasteiger charge is 2.13. The van der Waals surface area contributed by atoms with Gasteiger partial charge in [-0.1, -0.05) is 23.5 Å². The summed E-state index contributed by atoms with van der Waals surface area (Å²) in [4.78, 5) is 16.4. The van der Waals surface area contributed by atoms with E-state index < -0.39 is 0 Å². The third-order valence-corrected chi connectivity index (χ3v) is 4.97. The summed E-state index contributed by atoms with van der Waals surface area (Å²) in [5.41, 5.74) is 0.638. The van der Waals surface area contributed by atoms with Crippen LogP contribution in [0.2, 0.25) is 0 Å². The maximum absolute atomic E-state index is 12.1. The summed E-state index contributed by atoms with van der Waals surface area (Å²) < 4.78 is 12.0. The molecule has 22 heavy (non-hydrogen) atoms. The lowest BCUT2D eigenvalue weighted by molar-refractivity contribution is -0.113. The molecule has 1 amide bonds. The average Bonchev–Trinajstić information content (AvgIpc) is 3.02. The summed E-state index contributed by atoms with van der Waals surface area (Å²) in [6.07, 6.45) is 0. The Balaban J connectivity index is 1.98. The average molecular weight is 340 g/mol. The van der Waals surface area contributed by atoms with Crippen LogP contribution in [0.1, 0.15) is 13.8 Å². The fourth-order valence-electron chi connectivity index (χ4n) is 1.86. The molecule has 0 spiro atoms. The number of carbonyl (C=O) groups is 1. The molecule has 0 unspecified atom stereocenters. The number of benzene rings is 1. The number of hydrogen-bond acceptors (Lipinski definition) is 6. The first-order valence-corrected chi connectivity index (χ1v) is 9.19. The maximum atomic E-state index is 12.1. The summed E-state index contributed by atoms with van der Waals surface area (Å²) >= 11 is 3.17. The Bertz CT molecular complexity index is 550. The van der Waals surface area contributed by atoms with Crippen LogP contribution >= 0.6 is 23.5 Å². The van der Waals surface area contributed by atoms with Gasteiger partial charge in [-0.25, -0.2) is 0 Å². The first kappa shape index (κ1) is 17.0. The van der Waals surface area contributed by atoms with E-state index in [1.54, 1.807) is 17.8 Å². The van der Waals surface area contributed by atoms with Crippen LogP contribution in [0.3, 0.4) is 0 Å².